The fraction of sp³-hybridized carbons (Fsp3) is 0.143. The van der Waals surface area contributed by atoms with E-state index in [0.29, 0.717) is 12.2 Å². The fourth-order valence-corrected chi connectivity index (χ4v) is 1.44. The molecule has 1 aromatic carbocycles. The zero-order chi connectivity index (χ0) is 13.4. The van der Waals surface area contributed by atoms with Crippen LogP contribution >= 0.6 is 12.2 Å². The standard InChI is InChI=1S/C14H13NO2S/c1-2-17-14(18)13(16)9-8-12(10-15)11-6-4-3-5-7-11/h3-9,16H,2H2,1H3. The van der Waals surface area contributed by atoms with Crippen LogP contribution in [-0.2, 0) is 4.74 Å². The fourth-order valence-electron chi connectivity index (χ4n) is 1.25. The Kier molecular flexibility index (Phi) is 5.62. The normalized spacial score (nSPS) is 11.8. The number of allylic oxidation sites excluding steroid dienone is 3. The molecule has 0 atom stereocenters. The SMILES string of the molecule is CCOC(=S)C(O)=CC=C(C#N)c1ccccc1. The number of hydrogen-bond acceptors (Lipinski definition) is 4. The summed E-state index contributed by atoms with van der Waals surface area (Å²) in [5.74, 6) is -0.157. The van der Waals surface area contributed by atoms with Crippen LogP contribution in [0.4, 0.5) is 0 Å². The van der Waals surface area contributed by atoms with Crippen molar-refractivity contribution in [2.45, 2.75) is 6.92 Å². The minimum atomic E-state index is -0.157. The van der Waals surface area contributed by atoms with E-state index in [0.717, 1.165) is 5.56 Å². The number of aliphatic hydroxyl groups is 1. The van der Waals surface area contributed by atoms with Gasteiger partial charge in [0, 0.05) is 0 Å². The van der Waals surface area contributed by atoms with Crippen LogP contribution < -0.4 is 0 Å². The van der Waals surface area contributed by atoms with Gasteiger partial charge in [-0.3, -0.25) is 0 Å². The third-order valence-corrected chi connectivity index (χ3v) is 2.42. The Morgan fingerprint density at radius 3 is 2.61 bits per heavy atom. The molecular formula is C14H13NO2S. The zero-order valence-electron chi connectivity index (χ0n) is 9.96. The van der Waals surface area contributed by atoms with Gasteiger partial charge in [0.2, 0.25) is 5.05 Å². The van der Waals surface area contributed by atoms with Crippen LogP contribution in [0.5, 0.6) is 0 Å². The van der Waals surface area contributed by atoms with Crippen LogP contribution in [0.15, 0.2) is 48.2 Å². The summed E-state index contributed by atoms with van der Waals surface area (Å²) in [6.07, 6.45) is 2.87. The highest BCUT2D eigenvalue weighted by atomic mass is 32.1. The molecule has 0 saturated carbocycles. The minimum absolute atomic E-state index is 0.0269. The van der Waals surface area contributed by atoms with Gasteiger partial charge in [0.25, 0.3) is 0 Å². The Morgan fingerprint density at radius 2 is 2.06 bits per heavy atom. The molecule has 3 nitrogen and oxygen atoms in total. The van der Waals surface area contributed by atoms with Gasteiger partial charge in [-0.25, -0.2) is 0 Å². The van der Waals surface area contributed by atoms with E-state index < -0.39 is 0 Å². The van der Waals surface area contributed by atoms with Crippen molar-refractivity contribution >= 4 is 22.8 Å². The van der Waals surface area contributed by atoms with Crippen LogP contribution in [0.1, 0.15) is 12.5 Å². The monoisotopic (exact) mass is 259 g/mol. The second-order valence-corrected chi connectivity index (χ2v) is 3.70. The van der Waals surface area contributed by atoms with Crippen molar-refractivity contribution in [2.75, 3.05) is 6.61 Å². The Balaban J connectivity index is 2.91. The van der Waals surface area contributed by atoms with Gasteiger partial charge in [-0.1, -0.05) is 30.3 Å². The van der Waals surface area contributed by atoms with Crippen LogP contribution in [0.3, 0.4) is 0 Å². The summed E-state index contributed by atoms with van der Waals surface area (Å²) in [6, 6.07) is 11.3. The van der Waals surface area contributed by atoms with Crippen molar-refractivity contribution in [1.82, 2.24) is 0 Å². The summed E-state index contributed by atoms with van der Waals surface area (Å²) >= 11 is 4.83. The highest BCUT2D eigenvalue weighted by molar-refractivity contribution is 7.80. The minimum Gasteiger partial charge on any atom is -0.504 e. The number of aliphatic hydroxyl groups excluding tert-OH is 1. The summed E-state index contributed by atoms with van der Waals surface area (Å²) in [6.45, 7) is 2.17. The van der Waals surface area contributed by atoms with Gasteiger partial charge in [-0.15, -0.1) is 0 Å². The maximum Gasteiger partial charge on any atom is 0.226 e. The number of thiocarbonyl (C=S) groups is 1. The number of ether oxygens (including phenoxy) is 1. The topological polar surface area (TPSA) is 53.2 Å². The van der Waals surface area contributed by atoms with E-state index in [2.05, 4.69) is 6.07 Å². The molecule has 0 saturated heterocycles. The molecule has 1 aromatic rings. The molecule has 0 bridgehead atoms. The Morgan fingerprint density at radius 1 is 1.39 bits per heavy atom. The van der Waals surface area contributed by atoms with E-state index in [4.69, 9.17) is 22.2 Å². The highest BCUT2D eigenvalue weighted by Crippen LogP contribution is 2.13. The van der Waals surface area contributed by atoms with Crippen molar-refractivity contribution in [3.8, 4) is 6.07 Å². The van der Waals surface area contributed by atoms with Crippen molar-refractivity contribution in [3.05, 3.63) is 53.8 Å². The molecule has 0 fully saturated rings. The van der Waals surface area contributed by atoms with Crippen LogP contribution in [0.25, 0.3) is 5.57 Å². The lowest BCUT2D eigenvalue weighted by molar-refractivity contribution is 0.311. The largest absolute Gasteiger partial charge is 0.504 e. The summed E-state index contributed by atoms with van der Waals surface area (Å²) in [7, 11) is 0. The van der Waals surface area contributed by atoms with Gasteiger partial charge < -0.3 is 9.84 Å². The van der Waals surface area contributed by atoms with E-state index in [1.807, 2.05) is 30.3 Å². The Bertz CT molecular complexity index is 512. The molecule has 0 aromatic heterocycles. The molecule has 0 radical (unpaired) electrons. The number of rotatable bonds is 4. The third kappa shape index (κ3) is 4.04. The van der Waals surface area contributed by atoms with Gasteiger partial charge in [0.1, 0.15) is 0 Å². The molecule has 0 unspecified atom stereocenters. The predicted octanol–water partition coefficient (Wildman–Crippen LogP) is 3.40. The molecule has 18 heavy (non-hydrogen) atoms. The smallest absolute Gasteiger partial charge is 0.226 e. The van der Waals surface area contributed by atoms with E-state index in [1.165, 1.54) is 12.2 Å². The molecule has 0 aliphatic rings. The first-order valence-electron chi connectivity index (χ1n) is 5.42. The number of benzene rings is 1. The van der Waals surface area contributed by atoms with Gasteiger partial charge >= 0.3 is 0 Å². The summed E-state index contributed by atoms with van der Waals surface area (Å²) in [5, 5.41) is 18.6. The van der Waals surface area contributed by atoms with Gasteiger partial charge in [0.05, 0.1) is 18.2 Å². The van der Waals surface area contributed by atoms with Crippen LogP contribution in [0, 0.1) is 11.3 Å². The number of nitrogens with zero attached hydrogens (tertiary/aromatic N) is 1. The number of nitriles is 1. The van der Waals surface area contributed by atoms with E-state index in [1.54, 1.807) is 6.92 Å². The van der Waals surface area contributed by atoms with Crippen molar-refractivity contribution in [3.63, 3.8) is 0 Å². The first-order chi connectivity index (χ1) is 8.69. The molecule has 0 spiro atoms. The maximum atomic E-state index is 9.58. The first-order valence-corrected chi connectivity index (χ1v) is 5.83. The Hall–Kier alpha value is -2.12. The van der Waals surface area contributed by atoms with Crippen LogP contribution in [-0.4, -0.2) is 16.8 Å². The molecule has 1 N–H and O–H groups in total. The molecule has 0 heterocycles. The second-order valence-electron chi connectivity index (χ2n) is 3.33. The molecule has 0 aliphatic heterocycles. The van der Waals surface area contributed by atoms with Gasteiger partial charge in [-0.2, -0.15) is 5.26 Å². The van der Waals surface area contributed by atoms with Crippen LogP contribution in [0.2, 0.25) is 0 Å². The van der Waals surface area contributed by atoms with Crippen molar-refractivity contribution < 1.29 is 9.84 Å². The molecule has 1 rings (SSSR count). The number of hydrogen-bond donors (Lipinski definition) is 1. The molecule has 92 valence electrons. The Labute approximate surface area is 112 Å². The van der Waals surface area contributed by atoms with E-state index >= 15 is 0 Å². The average Bonchev–Trinajstić information content (AvgIpc) is 2.40. The second kappa shape index (κ2) is 7.25. The van der Waals surface area contributed by atoms with E-state index in [-0.39, 0.29) is 10.8 Å². The van der Waals surface area contributed by atoms with Gasteiger partial charge in [0.15, 0.2) is 5.76 Å². The summed E-state index contributed by atoms with van der Waals surface area (Å²) in [4.78, 5) is 0. The predicted molar refractivity (Wildman–Crippen MR) is 75.0 cm³/mol. The summed E-state index contributed by atoms with van der Waals surface area (Å²) in [5.41, 5.74) is 1.23. The lowest BCUT2D eigenvalue weighted by Crippen LogP contribution is -2.03. The van der Waals surface area contributed by atoms with Crippen molar-refractivity contribution in [2.24, 2.45) is 0 Å². The molecule has 4 heteroatoms. The zero-order valence-corrected chi connectivity index (χ0v) is 10.8. The maximum absolute atomic E-state index is 9.58. The molecule has 0 amide bonds. The van der Waals surface area contributed by atoms with E-state index in [9.17, 15) is 5.11 Å². The molecule has 0 aliphatic carbocycles. The first kappa shape index (κ1) is 13.9. The molecular weight excluding hydrogens is 246 g/mol. The van der Waals surface area contributed by atoms with Crippen molar-refractivity contribution in [1.29, 1.82) is 5.26 Å². The highest BCUT2D eigenvalue weighted by Gasteiger charge is 2.02. The summed E-state index contributed by atoms with van der Waals surface area (Å²) < 4.78 is 4.98. The quantitative estimate of drug-likeness (QED) is 0.296. The third-order valence-electron chi connectivity index (χ3n) is 2.10. The van der Waals surface area contributed by atoms with Gasteiger partial charge in [-0.05, 0) is 36.9 Å². The lowest BCUT2D eigenvalue weighted by atomic mass is 10.1. The average molecular weight is 259 g/mol. The lowest BCUT2D eigenvalue weighted by Gasteiger charge is -2.02.